The van der Waals surface area contributed by atoms with Crippen LogP contribution >= 0.6 is 22.6 Å². The molecule has 0 fully saturated rings. The summed E-state index contributed by atoms with van der Waals surface area (Å²) in [6, 6.07) is 6.01. The van der Waals surface area contributed by atoms with Crippen molar-refractivity contribution in [3.05, 3.63) is 29.1 Å². The van der Waals surface area contributed by atoms with E-state index in [0.29, 0.717) is 9.62 Å². The average molecular weight is 272 g/mol. The molecule has 3 heteroatoms. The van der Waals surface area contributed by atoms with Crippen LogP contribution in [0.2, 0.25) is 0 Å². The Labute approximate surface area is 85.8 Å². The Morgan fingerprint density at radius 3 is 2.75 bits per heavy atom. The largest absolute Gasteiger partial charge is 0.242 e. The van der Waals surface area contributed by atoms with Gasteiger partial charge in [0.15, 0.2) is 0 Å². The van der Waals surface area contributed by atoms with Gasteiger partial charge in [-0.05, 0) is 19.9 Å². The number of aryl methyl sites for hydroxylation is 1. The minimum atomic E-state index is 0.338. The summed E-state index contributed by atoms with van der Waals surface area (Å²) in [4.78, 5) is 4.15. The quantitative estimate of drug-likeness (QED) is 0.582. The van der Waals surface area contributed by atoms with Gasteiger partial charge in [0.05, 0.1) is 0 Å². The monoisotopic (exact) mass is 272 g/mol. The Morgan fingerprint density at radius 2 is 2.25 bits per heavy atom. The Kier molecular flexibility index (Phi) is 3.04. The van der Waals surface area contributed by atoms with E-state index >= 15 is 0 Å². The molecule has 1 rings (SSSR count). The Balaban J connectivity index is 3.23. The van der Waals surface area contributed by atoms with E-state index in [9.17, 15) is 0 Å². The number of aromatic nitrogens is 1. The number of alkyl halides is 1. The number of pyridine rings is 1. The molecular formula is C9H9IN2. The summed E-state index contributed by atoms with van der Waals surface area (Å²) in [6.45, 7) is 3.94. The van der Waals surface area contributed by atoms with E-state index in [4.69, 9.17) is 5.26 Å². The molecule has 0 aliphatic carbocycles. The van der Waals surface area contributed by atoms with Crippen LogP contribution in [0.5, 0.6) is 0 Å². The van der Waals surface area contributed by atoms with Crippen molar-refractivity contribution >= 4 is 22.6 Å². The lowest BCUT2D eigenvalue weighted by atomic mass is 10.1. The van der Waals surface area contributed by atoms with Crippen molar-refractivity contribution in [2.75, 3.05) is 0 Å². The van der Waals surface area contributed by atoms with Gasteiger partial charge in [0.2, 0.25) is 0 Å². The number of nitriles is 1. The first kappa shape index (κ1) is 9.46. The molecule has 0 saturated carbocycles. The fourth-order valence-electron chi connectivity index (χ4n) is 0.978. The summed E-state index contributed by atoms with van der Waals surface area (Å²) in [6.07, 6.45) is 0. The molecule has 0 radical (unpaired) electrons. The molecule has 0 N–H and O–H groups in total. The van der Waals surface area contributed by atoms with Crippen LogP contribution in [0.1, 0.15) is 27.8 Å². The molecule has 12 heavy (non-hydrogen) atoms. The molecule has 0 aliphatic heterocycles. The van der Waals surface area contributed by atoms with Gasteiger partial charge < -0.3 is 0 Å². The first-order valence-electron chi connectivity index (χ1n) is 3.67. The van der Waals surface area contributed by atoms with Crippen LogP contribution in [0.3, 0.4) is 0 Å². The van der Waals surface area contributed by atoms with Crippen LogP contribution in [0.25, 0.3) is 0 Å². The predicted octanol–water partition coefficient (Wildman–Crippen LogP) is 2.76. The summed E-state index contributed by atoms with van der Waals surface area (Å²) >= 11 is 2.28. The smallest absolute Gasteiger partial charge is 0.144 e. The van der Waals surface area contributed by atoms with E-state index in [1.165, 1.54) is 0 Å². The summed E-state index contributed by atoms with van der Waals surface area (Å²) in [5.74, 6) is 0. The molecule has 0 spiro atoms. The van der Waals surface area contributed by atoms with Gasteiger partial charge in [0.25, 0.3) is 0 Å². The van der Waals surface area contributed by atoms with Crippen LogP contribution in [0.15, 0.2) is 12.1 Å². The maximum Gasteiger partial charge on any atom is 0.144 e. The van der Waals surface area contributed by atoms with E-state index in [2.05, 4.69) is 33.6 Å². The summed E-state index contributed by atoms with van der Waals surface area (Å²) in [5, 5.41) is 8.78. The second kappa shape index (κ2) is 3.85. The third-order valence-electron chi connectivity index (χ3n) is 1.60. The van der Waals surface area contributed by atoms with Crippen molar-refractivity contribution in [3.63, 3.8) is 0 Å². The number of rotatable bonds is 1. The van der Waals surface area contributed by atoms with Crippen LogP contribution in [0, 0.1) is 18.3 Å². The van der Waals surface area contributed by atoms with Crippen molar-refractivity contribution < 1.29 is 0 Å². The van der Waals surface area contributed by atoms with Crippen molar-refractivity contribution in [1.82, 2.24) is 4.98 Å². The van der Waals surface area contributed by atoms with Crippen LogP contribution < -0.4 is 0 Å². The van der Waals surface area contributed by atoms with Crippen molar-refractivity contribution in [1.29, 1.82) is 5.26 Å². The molecule has 1 unspecified atom stereocenters. The number of hydrogen-bond donors (Lipinski definition) is 0. The first-order valence-corrected chi connectivity index (χ1v) is 4.91. The maximum absolute atomic E-state index is 8.78. The van der Waals surface area contributed by atoms with Crippen LogP contribution in [-0.4, -0.2) is 4.98 Å². The van der Waals surface area contributed by atoms with Gasteiger partial charge in [-0.15, -0.1) is 0 Å². The highest BCUT2D eigenvalue weighted by Gasteiger charge is 2.07. The molecule has 1 aromatic heterocycles. The van der Waals surface area contributed by atoms with Gasteiger partial charge in [0, 0.05) is 15.2 Å². The first-order chi connectivity index (χ1) is 5.65. The van der Waals surface area contributed by atoms with Gasteiger partial charge in [0.1, 0.15) is 11.8 Å². The predicted molar refractivity (Wildman–Crippen MR) is 56.1 cm³/mol. The highest BCUT2D eigenvalue weighted by atomic mass is 127. The standard InChI is InChI=1S/C9H9IN2/c1-6-3-4-8(7(2)10)9(5-11)12-6/h3-4,7H,1-2H3. The van der Waals surface area contributed by atoms with Crippen molar-refractivity contribution in [2.24, 2.45) is 0 Å². The molecule has 1 aromatic rings. The van der Waals surface area contributed by atoms with Crippen LogP contribution in [0.4, 0.5) is 0 Å². The van der Waals surface area contributed by atoms with Gasteiger partial charge in [-0.25, -0.2) is 4.98 Å². The average Bonchev–Trinajstić information content (AvgIpc) is 2.03. The van der Waals surface area contributed by atoms with E-state index in [-0.39, 0.29) is 0 Å². The van der Waals surface area contributed by atoms with Gasteiger partial charge in [-0.1, -0.05) is 28.7 Å². The second-order valence-corrected chi connectivity index (χ2v) is 4.49. The van der Waals surface area contributed by atoms with E-state index in [1.807, 2.05) is 26.0 Å². The molecule has 62 valence electrons. The lowest BCUT2D eigenvalue weighted by molar-refractivity contribution is 1.06. The van der Waals surface area contributed by atoms with Crippen molar-refractivity contribution in [2.45, 2.75) is 17.8 Å². The molecule has 0 aromatic carbocycles. The zero-order valence-corrected chi connectivity index (χ0v) is 9.16. The van der Waals surface area contributed by atoms with Crippen molar-refractivity contribution in [3.8, 4) is 6.07 Å². The molecular weight excluding hydrogens is 263 g/mol. The molecule has 1 atom stereocenters. The summed E-state index contributed by atoms with van der Waals surface area (Å²) in [5.41, 5.74) is 2.47. The fourth-order valence-corrected chi connectivity index (χ4v) is 1.48. The number of nitrogens with zero attached hydrogens (tertiary/aromatic N) is 2. The molecule has 0 saturated heterocycles. The van der Waals surface area contributed by atoms with Gasteiger partial charge in [-0.3, -0.25) is 0 Å². The summed E-state index contributed by atoms with van der Waals surface area (Å²) in [7, 11) is 0. The molecule has 0 amide bonds. The molecule has 2 nitrogen and oxygen atoms in total. The van der Waals surface area contributed by atoms with E-state index in [1.54, 1.807) is 0 Å². The Hall–Kier alpha value is -0.630. The zero-order valence-electron chi connectivity index (χ0n) is 7.00. The third kappa shape index (κ3) is 1.95. The van der Waals surface area contributed by atoms with Crippen LogP contribution in [-0.2, 0) is 0 Å². The van der Waals surface area contributed by atoms with Gasteiger partial charge in [-0.2, -0.15) is 5.26 Å². The molecule has 1 heterocycles. The third-order valence-corrected chi connectivity index (χ3v) is 2.27. The Morgan fingerprint density at radius 1 is 1.58 bits per heavy atom. The SMILES string of the molecule is Cc1ccc(C(C)I)c(C#N)n1. The Bertz CT molecular complexity index is 326. The molecule has 0 bridgehead atoms. The summed E-state index contributed by atoms with van der Waals surface area (Å²) < 4.78 is 0.338. The topological polar surface area (TPSA) is 36.7 Å². The number of hydrogen-bond acceptors (Lipinski definition) is 2. The fraction of sp³-hybridized carbons (Fsp3) is 0.333. The normalized spacial score (nSPS) is 12.2. The second-order valence-electron chi connectivity index (χ2n) is 2.62. The van der Waals surface area contributed by atoms with Gasteiger partial charge >= 0.3 is 0 Å². The molecule has 0 aliphatic rings. The lowest BCUT2D eigenvalue weighted by Crippen LogP contribution is -1.95. The highest BCUT2D eigenvalue weighted by molar-refractivity contribution is 14.1. The number of halogens is 1. The zero-order chi connectivity index (χ0) is 9.14. The lowest BCUT2D eigenvalue weighted by Gasteiger charge is -2.05. The minimum Gasteiger partial charge on any atom is -0.242 e. The minimum absolute atomic E-state index is 0.338. The van der Waals surface area contributed by atoms with E-state index < -0.39 is 0 Å². The highest BCUT2D eigenvalue weighted by Crippen LogP contribution is 2.24. The van der Waals surface area contributed by atoms with E-state index in [0.717, 1.165) is 11.3 Å². The maximum atomic E-state index is 8.78.